The van der Waals surface area contributed by atoms with Gasteiger partial charge in [0.1, 0.15) is 24.4 Å². The van der Waals surface area contributed by atoms with E-state index < -0.39 is 49.5 Å². The third-order valence-electron chi connectivity index (χ3n) is 15.3. The molecule has 0 saturated carbocycles. The van der Waals surface area contributed by atoms with Crippen molar-refractivity contribution in [2.24, 2.45) is 0 Å². The first-order valence-electron chi connectivity index (χ1n) is 33.7. The zero-order valence-electron chi connectivity index (χ0n) is 52.5. The van der Waals surface area contributed by atoms with Crippen molar-refractivity contribution in [3.05, 3.63) is 122 Å². The maximum Gasteiger partial charge on any atom is 0.220 e. The lowest BCUT2D eigenvalue weighted by Crippen LogP contribution is -2.60. The van der Waals surface area contributed by atoms with Gasteiger partial charge in [-0.1, -0.05) is 302 Å². The van der Waals surface area contributed by atoms with Crippen LogP contribution in [-0.4, -0.2) is 87.5 Å². The van der Waals surface area contributed by atoms with E-state index >= 15 is 0 Å². The number of aliphatic hydroxyl groups is 5. The van der Waals surface area contributed by atoms with Crippen LogP contribution in [0, 0.1) is 0 Å². The van der Waals surface area contributed by atoms with Gasteiger partial charge in [-0.05, 0) is 89.9 Å². The highest BCUT2D eigenvalue weighted by molar-refractivity contribution is 5.76. The van der Waals surface area contributed by atoms with Crippen LogP contribution in [0.3, 0.4) is 0 Å². The molecule has 0 bridgehead atoms. The average molecular weight is 1140 g/mol. The van der Waals surface area contributed by atoms with Gasteiger partial charge in [0.2, 0.25) is 5.91 Å². The quantitative estimate of drug-likeness (QED) is 0.0261. The van der Waals surface area contributed by atoms with E-state index in [1.54, 1.807) is 0 Å². The van der Waals surface area contributed by atoms with Crippen molar-refractivity contribution in [2.75, 3.05) is 13.2 Å². The van der Waals surface area contributed by atoms with Crippen LogP contribution in [-0.2, 0) is 14.3 Å². The van der Waals surface area contributed by atoms with Crippen molar-refractivity contribution in [1.82, 2.24) is 5.32 Å². The van der Waals surface area contributed by atoms with Gasteiger partial charge >= 0.3 is 0 Å². The minimum Gasteiger partial charge on any atom is -0.394 e. The number of nitrogens with one attached hydrogen (secondary N) is 1. The van der Waals surface area contributed by atoms with E-state index in [4.69, 9.17) is 9.47 Å². The van der Waals surface area contributed by atoms with Crippen molar-refractivity contribution in [2.45, 2.75) is 320 Å². The van der Waals surface area contributed by atoms with Crippen LogP contribution >= 0.6 is 0 Å². The monoisotopic (exact) mass is 1140 g/mol. The molecule has 1 aliphatic rings. The molecule has 9 heteroatoms. The molecule has 1 rings (SSSR count). The second kappa shape index (κ2) is 60.7. The average Bonchev–Trinajstić information content (AvgIpc) is 3.52. The van der Waals surface area contributed by atoms with Gasteiger partial charge in [0.15, 0.2) is 6.29 Å². The van der Waals surface area contributed by atoms with Gasteiger partial charge in [-0.2, -0.15) is 0 Å². The summed E-state index contributed by atoms with van der Waals surface area (Å²) >= 11 is 0. The van der Waals surface area contributed by atoms with E-state index in [1.165, 1.54) is 135 Å². The molecule has 7 atom stereocenters. The zero-order chi connectivity index (χ0) is 59.3. The fraction of sp³-hybridized carbons (Fsp3) is 0.712. The Kier molecular flexibility index (Phi) is 56.7. The van der Waals surface area contributed by atoms with Crippen LogP contribution in [0.4, 0.5) is 0 Å². The molecule has 7 unspecified atom stereocenters. The number of amides is 1. The third-order valence-corrected chi connectivity index (χ3v) is 15.3. The predicted molar refractivity (Wildman–Crippen MR) is 350 cm³/mol. The molecule has 1 heterocycles. The van der Waals surface area contributed by atoms with Crippen molar-refractivity contribution in [3.8, 4) is 0 Å². The van der Waals surface area contributed by atoms with Gasteiger partial charge in [-0.15, -0.1) is 0 Å². The number of hydrogen-bond donors (Lipinski definition) is 6. The molecule has 6 N–H and O–H groups in total. The zero-order valence-corrected chi connectivity index (χ0v) is 52.5. The van der Waals surface area contributed by atoms with Crippen LogP contribution in [0.2, 0.25) is 0 Å². The van der Waals surface area contributed by atoms with Crippen LogP contribution < -0.4 is 5.32 Å². The van der Waals surface area contributed by atoms with E-state index in [2.05, 4.69) is 141 Å². The Labute approximate surface area is 503 Å². The second-order valence-corrected chi connectivity index (χ2v) is 22.9. The van der Waals surface area contributed by atoms with Gasteiger partial charge < -0.3 is 40.3 Å². The van der Waals surface area contributed by atoms with Crippen molar-refractivity contribution < 1.29 is 39.8 Å². The third kappa shape index (κ3) is 48.9. The lowest BCUT2D eigenvalue weighted by Gasteiger charge is -2.40. The Balaban J connectivity index is 2.15. The Hall–Kier alpha value is -3.41. The molecule has 1 aliphatic heterocycles. The van der Waals surface area contributed by atoms with Crippen LogP contribution in [0.5, 0.6) is 0 Å². The number of aliphatic hydroxyl groups excluding tert-OH is 5. The first-order valence-corrected chi connectivity index (χ1v) is 33.7. The number of unbranched alkanes of at least 4 members (excludes halogenated alkanes) is 27. The molecule has 0 aromatic carbocycles. The fourth-order valence-corrected chi connectivity index (χ4v) is 10.1. The van der Waals surface area contributed by atoms with Gasteiger partial charge in [0.05, 0.1) is 25.4 Å². The Morgan fingerprint density at radius 3 is 1.12 bits per heavy atom. The second-order valence-electron chi connectivity index (χ2n) is 22.9. The number of hydrogen-bond acceptors (Lipinski definition) is 8. The summed E-state index contributed by atoms with van der Waals surface area (Å²) in [7, 11) is 0. The van der Waals surface area contributed by atoms with Crippen molar-refractivity contribution in [1.29, 1.82) is 0 Å². The standard InChI is InChI=1S/C73H125NO8/c1-3-5-7-9-11-13-15-17-19-21-23-25-26-27-28-29-30-31-32-33-34-35-36-37-38-39-40-41-42-43-45-47-49-51-53-55-57-59-61-63-69(77)74-66(65-81-73-72(80)71(79)70(78)68(64-75)82-73)67(76)62-60-58-56-54-52-50-48-46-44-24-22-20-18-16-14-12-10-8-6-4-2/h5,7,11,13,17,19,23,25,27-28,30-31,33-34,36-37,39-40,42-43,66-68,70-73,75-76,78-80H,3-4,6,8-10,12,14-16,18,20-22,24,26,29,32,35,38,41,44-65H2,1-2H3,(H,74,77)/b7-5-,13-11-,19-17-,25-23-,28-27-,31-30-,34-33-,37-36-,40-39-,43-42-. The summed E-state index contributed by atoms with van der Waals surface area (Å²) in [5, 5.41) is 54.8. The molecule has 9 nitrogen and oxygen atoms in total. The number of rotatable bonds is 57. The lowest BCUT2D eigenvalue weighted by molar-refractivity contribution is -0.302. The molecule has 0 spiro atoms. The van der Waals surface area contributed by atoms with Gasteiger partial charge in [0, 0.05) is 6.42 Å². The summed E-state index contributed by atoms with van der Waals surface area (Å²) in [6.07, 6.45) is 83.8. The number of allylic oxidation sites excluding steroid dienone is 20. The molecule has 0 radical (unpaired) electrons. The number of carbonyl (C=O) groups excluding carboxylic acids is 1. The van der Waals surface area contributed by atoms with Crippen LogP contribution in [0.25, 0.3) is 0 Å². The number of ether oxygens (including phenoxy) is 2. The highest BCUT2D eigenvalue weighted by atomic mass is 16.7. The van der Waals surface area contributed by atoms with Gasteiger partial charge in [-0.3, -0.25) is 4.79 Å². The maximum absolute atomic E-state index is 13.1. The highest BCUT2D eigenvalue weighted by Crippen LogP contribution is 2.23. The normalized spacial score (nSPS) is 19.1. The van der Waals surface area contributed by atoms with E-state index in [1.807, 2.05) is 0 Å². The van der Waals surface area contributed by atoms with Crippen LogP contribution in [0.1, 0.15) is 277 Å². The molecule has 0 aromatic heterocycles. The Bertz CT molecular complexity index is 1710. The lowest BCUT2D eigenvalue weighted by atomic mass is 9.99. The Morgan fingerprint density at radius 2 is 0.756 bits per heavy atom. The summed E-state index contributed by atoms with van der Waals surface area (Å²) in [4.78, 5) is 13.1. The minimum absolute atomic E-state index is 0.147. The molecule has 0 aliphatic carbocycles. The molecule has 1 saturated heterocycles. The maximum atomic E-state index is 13.1. The molecular formula is C73H125NO8. The van der Waals surface area contributed by atoms with E-state index in [0.717, 1.165) is 116 Å². The molecule has 470 valence electrons. The van der Waals surface area contributed by atoms with Crippen molar-refractivity contribution in [3.63, 3.8) is 0 Å². The van der Waals surface area contributed by atoms with Gasteiger partial charge in [-0.25, -0.2) is 0 Å². The summed E-state index contributed by atoms with van der Waals surface area (Å²) < 4.78 is 11.3. The topological polar surface area (TPSA) is 149 Å². The summed E-state index contributed by atoms with van der Waals surface area (Å²) in [6, 6.07) is -0.733. The minimum atomic E-state index is -1.56. The molecule has 0 aromatic rings. The van der Waals surface area contributed by atoms with E-state index in [9.17, 15) is 30.3 Å². The van der Waals surface area contributed by atoms with Crippen LogP contribution in [0.15, 0.2) is 122 Å². The van der Waals surface area contributed by atoms with E-state index in [-0.39, 0.29) is 12.5 Å². The first kappa shape index (κ1) is 76.6. The SMILES string of the molecule is CC/C=C\C/C=C\C/C=C\C/C=C\C/C=C\C/C=C\C/C=C\C/C=C\C/C=C\C/C=C\CCCCCCCCCCC(=O)NC(COC1OC(CO)C(O)C(O)C1O)C(O)CCCCCCCCCCCCCCCCCCCCCC. The number of carbonyl (C=O) groups is 1. The highest BCUT2D eigenvalue weighted by Gasteiger charge is 2.44. The molecular weight excluding hydrogens is 1020 g/mol. The van der Waals surface area contributed by atoms with Gasteiger partial charge in [0.25, 0.3) is 0 Å². The largest absolute Gasteiger partial charge is 0.394 e. The van der Waals surface area contributed by atoms with E-state index in [0.29, 0.717) is 12.8 Å². The fourth-order valence-electron chi connectivity index (χ4n) is 10.1. The first-order chi connectivity index (χ1) is 40.3. The smallest absolute Gasteiger partial charge is 0.220 e. The molecule has 1 amide bonds. The van der Waals surface area contributed by atoms with Crippen molar-refractivity contribution >= 4 is 5.91 Å². The summed E-state index contributed by atoms with van der Waals surface area (Å²) in [5.41, 5.74) is 0. The molecule has 1 fully saturated rings. The summed E-state index contributed by atoms with van der Waals surface area (Å²) in [6.45, 7) is 3.74. The molecule has 82 heavy (non-hydrogen) atoms. The Morgan fingerprint density at radius 1 is 0.427 bits per heavy atom. The predicted octanol–water partition coefficient (Wildman–Crippen LogP) is 18.2. The summed E-state index contributed by atoms with van der Waals surface area (Å²) in [5.74, 6) is -0.155.